The highest BCUT2D eigenvalue weighted by Crippen LogP contribution is 2.29. The molecule has 5 nitrogen and oxygen atoms in total. The molecule has 0 radical (unpaired) electrons. The van der Waals surface area contributed by atoms with Crippen LogP contribution in [0.3, 0.4) is 0 Å². The molecule has 2 unspecified atom stereocenters. The van der Waals surface area contributed by atoms with E-state index in [0.29, 0.717) is 18.5 Å². The van der Waals surface area contributed by atoms with Crippen LogP contribution in [0.1, 0.15) is 46.5 Å². The highest BCUT2D eigenvalue weighted by atomic mass is 79.9. The topological polar surface area (TPSA) is 48.0 Å². The van der Waals surface area contributed by atoms with Crippen LogP contribution in [0.15, 0.2) is 0 Å². The first kappa shape index (κ1) is 18.0. The van der Waals surface area contributed by atoms with Crippen LogP contribution in [-0.4, -0.2) is 59.9 Å². The van der Waals surface area contributed by atoms with Crippen LogP contribution in [0.5, 0.6) is 0 Å². The summed E-state index contributed by atoms with van der Waals surface area (Å²) in [5.41, 5.74) is -0.800. The zero-order valence-corrected chi connectivity index (χ0v) is 15.5. The van der Waals surface area contributed by atoms with Crippen molar-refractivity contribution in [3.05, 3.63) is 0 Å². The molecule has 0 saturated carbocycles. The average molecular weight is 378 g/mol. The van der Waals surface area contributed by atoms with Crippen molar-refractivity contribution in [3.8, 4) is 0 Å². The number of carbonyl (C=O) groups is 1. The molecule has 0 bridgehead atoms. The molecule has 6 heteroatoms. The highest BCUT2D eigenvalue weighted by molar-refractivity contribution is 9.09. The predicted octanol–water partition coefficient (Wildman–Crippen LogP) is 3.35. The first-order chi connectivity index (χ1) is 10.3. The molecule has 22 heavy (non-hydrogen) atoms. The molecular weight excluding hydrogens is 350 g/mol. The fraction of sp³-hybridized carbons (Fsp3) is 0.938. The van der Waals surface area contributed by atoms with Crippen LogP contribution in [0, 0.1) is 0 Å². The number of halogens is 1. The Bertz CT molecular complexity index is 379. The zero-order chi connectivity index (χ0) is 16.2. The maximum atomic E-state index is 12.3. The highest BCUT2D eigenvalue weighted by Gasteiger charge is 2.39. The number of rotatable bonds is 4. The molecule has 0 aromatic heterocycles. The number of piperidine rings is 1. The second-order valence-electron chi connectivity index (χ2n) is 7.27. The normalized spacial score (nSPS) is 29.6. The van der Waals surface area contributed by atoms with Gasteiger partial charge in [0.2, 0.25) is 0 Å². The molecule has 0 aromatic carbocycles. The summed E-state index contributed by atoms with van der Waals surface area (Å²) in [4.78, 5) is 14.1. The third-order valence-corrected chi connectivity index (χ3v) is 5.06. The molecule has 1 amide bonds. The molecule has 128 valence electrons. The van der Waals surface area contributed by atoms with Crippen LogP contribution >= 0.6 is 15.9 Å². The van der Waals surface area contributed by atoms with Gasteiger partial charge in [-0.2, -0.15) is 0 Å². The monoisotopic (exact) mass is 377 g/mol. The van der Waals surface area contributed by atoms with Crippen molar-refractivity contribution in [1.82, 2.24) is 4.90 Å². The quantitative estimate of drug-likeness (QED) is 0.704. The van der Waals surface area contributed by atoms with Gasteiger partial charge in [-0.3, -0.25) is 0 Å². The van der Waals surface area contributed by atoms with E-state index in [1.54, 1.807) is 4.90 Å². The van der Waals surface area contributed by atoms with Crippen molar-refractivity contribution >= 4 is 22.0 Å². The Morgan fingerprint density at radius 1 is 1.41 bits per heavy atom. The minimum atomic E-state index is -0.468. The van der Waals surface area contributed by atoms with E-state index in [0.717, 1.165) is 38.8 Å². The van der Waals surface area contributed by atoms with Gasteiger partial charge in [-0.1, -0.05) is 15.9 Å². The van der Waals surface area contributed by atoms with E-state index in [-0.39, 0.29) is 17.8 Å². The van der Waals surface area contributed by atoms with Gasteiger partial charge in [0.15, 0.2) is 0 Å². The molecule has 0 N–H and O–H groups in total. The molecule has 0 aliphatic carbocycles. The SMILES string of the molecule is CC(C)(C)OC(=O)N1CCCC(CBr)(OCC2CCCO2)C1. The lowest BCUT2D eigenvalue weighted by atomic mass is 9.95. The Kier molecular flexibility index (Phi) is 6.14. The van der Waals surface area contributed by atoms with Crippen LogP contribution in [0.25, 0.3) is 0 Å². The van der Waals surface area contributed by atoms with Gasteiger partial charge in [0.05, 0.1) is 24.9 Å². The molecule has 2 heterocycles. The predicted molar refractivity (Wildman–Crippen MR) is 88.5 cm³/mol. The molecule has 2 saturated heterocycles. The Balaban J connectivity index is 1.91. The van der Waals surface area contributed by atoms with Gasteiger partial charge in [-0.05, 0) is 46.5 Å². The lowest BCUT2D eigenvalue weighted by Gasteiger charge is -2.42. The summed E-state index contributed by atoms with van der Waals surface area (Å²) in [5, 5.41) is 0.714. The molecule has 2 atom stereocenters. The number of ether oxygens (including phenoxy) is 3. The maximum absolute atomic E-state index is 12.3. The second-order valence-corrected chi connectivity index (χ2v) is 7.83. The van der Waals surface area contributed by atoms with Gasteiger partial charge in [-0.25, -0.2) is 4.79 Å². The fourth-order valence-electron chi connectivity index (χ4n) is 2.89. The van der Waals surface area contributed by atoms with Crippen LogP contribution in [0.2, 0.25) is 0 Å². The Labute approximate surface area is 141 Å². The van der Waals surface area contributed by atoms with E-state index in [1.165, 1.54) is 0 Å². The molecule has 2 aliphatic rings. The Morgan fingerprint density at radius 2 is 2.18 bits per heavy atom. The first-order valence-corrected chi connectivity index (χ1v) is 9.25. The lowest BCUT2D eigenvalue weighted by Crippen LogP contribution is -2.54. The molecule has 0 aromatic rings. The number of likely N-dealkylation sites (tertiary alicyclic amines) is 1. The number of amides is 1. The van der Waals surface area contributed by atoms with Crippen molar-refractivity contribution < 1.29 is 19.0 Å². The molecule has 2 aliphatic heterocycles. The lowest BCUT2D eigenvalue weighted by molar-refractivity contribution is -0.102. The number of alkyl halides is 1. The van der Waals surface area contributed by atoms with E-state index in [9.17, 15) is 4.79 Å². The summed E-state index contributed by atoms with van der Waals surface area (Å²) in [6, 6.07) is 0. The number of carbonyl (C=O) groups excluding carboxylic acids is 1. The molecule has 0 spiro atoms. The maximum Gasteiger partial charge on any atom is 0.410 e. The van der Waals surface area contributed by atoms with Crippen LogP contribution in [0.4, 0.5) is 4.79 Å². The molecule has 2 fully saturated rings. The standard InChI is InChI=1S/C16H28BrNO4/c1-15(2,3)22-14(19)18-8-5-7-16(11-17,12-18)21-10-13-6-4-9-20-13/h13H,4-12H2,1-3H3. The van der Waals surface area contributed by atoms with Crippen molar-refractivity contribution in [2.45, 2.75) is 63.8 Å². The summed E-state index contributed by atoms with van der Waals surface area (Å²) in [5.74, 6) is 0. The van der Waals surface area contributed by atoms with E-state index in [1.807, 2.05) is 20.8 Å². The summed E-state index contributed by atoms with van der Waals surface area (Å²) < 4.78 is 17.3. The van der Waals surface area contributed by atoms with E-state index >= 15 is 0 Å². The van der Waals surface area contributed by atoms with E-state index < -0.39 is 5.60 Å². The Morgan fingerprint density at radius 3 is 2.77 bits per heavy atom. The minimum absolute atomic E-state index is 0.202. The van der Waals surface area contributed by atoms with Gasteiger partial charge in [-0.15, -0.1) is 0 Å². The summed E-state index contributed by atoms with van der Waals surface area (Å²) in [6.45, 7) is 8.40. The van der Waals surface area contributed by atoms with Crippen molar-refractivity contribution in [2.24, 2.45) is 0 Å². The summed E-state index contributed by atoms with van der Waals surface area (Å²) in [7, 11) is 0. The number of hydrogen-bond donors (Lipinski definition) is 0. The largest absolute Gasteiger partial charge is 0.444 e. The van der Waals surface area contributed by atoms with E-state index in [2.05, 4.69) is 15.9 Å². The number of nitrogens with zero attached hydrogens (tertiary/aromatic N) is 1. The third-order valence-electron chi connectivity index (χ3n) is 4.03. The smallest absolute Gasteiger partial charge is 0.410 e. The number of hydrogen-bond acceptors (Lipinski definition) is 4. The third kappa shape index (κ3) is 5.10. The minimum Gasteiger partial charge on any atom is -0.444 e. The Hall–Kier alpha value is -0.330. The van der Waals surface area contributed by atoms with Crippen molar-refractivity contribution in [1.29, 1.82) is 0 Å². The van der Waals surface area contributed by atoms with Gasteiger partial charge in [0.1, 0.15) is 5.60 Å². The van der Waals surface area contributed by atoms with Crippen LogP contribution in [-0.2, 0) is 14.2 Å². The van der Waals surface area contributed by atoms with Crippen molar-refractivity contribution in [3.63, 3.8) is 0 Å². The molecule has 2 rings (SSSR count). The van der Waals surface area contributed by atoms with E-state index in [4.69, 9.17) is 14.2 Å². The van der Waals surface area contributed by atoms with Gasteiger partial charge in [0.25, 0.3) is 0 Å². The summed E-state index contributed by atoms with van der Waals surface area (Å²) >= 11 is 3.57. The van der Waals surface area contributed by atoms with Crippen molar-refractivity contribution in [2.75, 3.05) is 31.6 Å². The fourth-order valence-corrected chi connectivity index (χ4v) is 3.51. The van der Waals surface area contributed by atoms with Gasteiger partial charge >= 0.3 is 6.09 Å². The average Bonchev–Trinajstić information content (AvgIpc) is 2.97. The second kappa shape index (κ2) is 7.49. The van der Waals surface area contributed by atoms with Crippen LogP contribution < -0.4 is 0 Å². The first-order valence-electron chi connectivity index (χ1n) is 8.13. The zero-order valence-electron chi connectivity index (χ0n) is 13.9. The summed E-state index contributed by atoms with van der Waals surface area (Å²) in [6.07, 6.45) is 4.00. The van der Waals surface area contributed by atoms with Gasteiger partial charge in [0, 0.05) is 18.5 Å². The molecular formula is C16H28BrNO4. The van der Waals surface area contributed by atoms with Gasteiger partial charge < -0.3 is 19.1 Å².